The van der Waals surface area contributed by atoms with E-state index in [4.69, 9.17) is 4.11 Å². The zero-order valence-corrected chi connectivity index (χ0v) is 5.91. The van der Waals surface area contributed by atoms with Crippen LogP contribution >= 0.6 is 15.9 Å². The second kappa shape index (κ2) is 2.27. The zero-order chi connectivity index (χ0) is 8.59. The fourth-order valence-electron chi connectivity index (χ4n) is 0.332. The van der Waals surface area contributed by atoms with Gasteiger partial charge < -0.3 is 0 Å². The van der Waals surface area contributed by atoms with Crippen LogP contribution in [0.1, 0.15) is 9.68 Å². The van der Waals surface area contributed by atoms with E-state index in [2.05, 4.69) is 20.9 Å². The van der Waals surface area contributed by atoms with Crippen molar-refractivity contribution in [1.82, 2.24) is 4.98 Å². The Morgan fingerprint density at radius 1 is 1.88 bits per heavy atom. The molecule has 0 fully saturated rings. The summed E-state index contributed by atoms with van der Waals surface area (Å²) in [5.74, 6) is 0. The number of aromatic nitrogens is 1. The molecule has 0 spiro atoms. The van der Waals surface area contributed by atoms with E-state index in [-0.39, 0.29) is 18.4 Å². The van der Waals surface area contributed by atoms with Crippen molar-refractivity contribution in [3.63, 3.8) is 0 Å². The molecule has 0 aliphatic rings. The van der Waals surface area contributed by atoms with Gasteiger partial charge in [0, 0.05) is 16.8 Å². The molecule has 0 aliphatic heterocycles. The summed E-state index contributed by atoms with van der Waals surface area (Å²) in [7, 11) is 0. The van der Waals surface area contributed by atoms with Crippen molar-refractivity contribution in [2.45, 2.75) is 6.92 Å². The summed E-state index contributed by atoms with van der Waals surface area (Å²) in [6, 6.07) is 0.0403. The number of hydrogen-bond donors (Lipinski definition) is 0. The van der Waals surface area contributed by atoms with Gasteiger partial charge in [-0.3, -0.25) is 4.98 Å². The quantitative estimate of drug-likeness (QED) is 0.588. The molecule has 0 N–H and O–H groups in total. The molecular weight excluding hydrogens is 166 g/mol. The van der Waals surface area contributed by atoms with Gasteiger partial charge >= 0.3 is 0 Å². The molecule has 0 saturated heterocycles. The van der Waals surface area contributed by atoms with Gasteiger partial charge in [0.25, 0.3) is 0 Å². The predicted octanol–water partition coefficient (Wildman–Crippen LogP) is 2.15. The molecule has 1 nitrogen and oxygen atoms in total. The van der Waals surface area contributed by atoms with Crippen molar-refractivity contribution in [2.24, 2.45) is 0 Å². The first-order valence-corrected chi connectivity index (χ1v) is 2.93. The van der Waals surface area contributed by atoms with Gasteiger partial charge in [-0.2, -0.15) is 0 Å². The van der Waals surface area contributed by atoms with Crippen LogP contribution in [0.2, 0.25) is 0 Å². The SMILES string of the molecule is [2H]c1nc([2H])c(C)c(Br)c1[2H]. The van der Waals surface area contributed by atoms with Crippen LogP contribution in [0.3, 0.4) is 0 Å². The van der Waals surface area contributed by atoms with E-state index >= 15 is 0 Å². The molecule has 1 heterocycles. The van der Waals surface area contributed by atoms with Gasteiger partial charge in [0.1, 0.15) is 0 Å². The molecular formula is C6H6BrN. The predicted molar refractivity (Wildman–Crippen MR) is 36.7 cm³/mol. The van der Waals surface area contributed by atoms with E-state index in [1.807, 2.05) is 0 Å². The number of halogens is 1. The third-order valence-electron chi connectivity index (χ3n) is 0.774. The third kappa shape index (κ3) is 1.07. The molecule has 0 unspecified atom stereocenters. The zero-order valence-electron chi connectivity index (χ0n) is 7.33. The minimum atomic E-state index is -0.160. The molecule has 0 atom stereocenters. The van der Waals surface area contributed by atoms with Crippen LogP contribution in [0.15, 0.2) is 22.9 Å². The number of pyridine rings is 1. The highest BCUT2D eigenvalue weighted by molar-refractivity contribution is 9.10. The topological polar surface area (TPSA) is 12.9 Å². The first-order chi connectivity index (χ1) is 5.04. The lowest BCUT2D eigenvalue weighted by molar-refractivity contribution is 1.25. The standard InChI is InChI=1S/C6H6BrN/c1-5-4-8-3-2-6(5)7/h2-4H,1H3/i2D,3D,4D. The Morgan fingerprint density at radius 3 is 3.38 bits per heavy atom. The van der Waals surface area contributed by atoms with Crippen molar-refractivity contribution in [2.75, 3.05) is 0 Å². The normalized spacial score (nSPS) is 14.5. The molecule has 1 aromatic rings. The summed E-state index contributed by atoms with van der Waals surface area (Å²) in [6.45, 7) is 1.69. The van der Waals surface area contributed by atoms with Crippen molar-refractivity contribution >= 4 is 15.9 Å². The van der Waals surface area contributed by atoms with E-state index in [0.29, 0.717) is 10.0 Å². The van der Waals surface area contributed by atoms with Gasteiger partial charge in [0.15, 0.2) is 0 Å². The lowest BCUT2D eigenvalue weighted by Gasteiger charge is -1.90. The monoisotopic (exact) mass is 174 g/mol. The molecule has 2 heteroatoms. The summed E-state index contributed by atoms with van der Waals surface area (Å²) >= 11 is 3.11. The van der Waals surface area contributed by atoms with Crippen LogP contribution in [-0.4, -0.2) is 4.98 Å². The average molecular weight is 175 g/mol. The molecule has 0 aromatic carbocycles. The molecule has 1 rings (SSSR count). The van der Waals surface area contributed by atoms with Gasteiger partial charge in [0.2, 0.25) is 0 Å². The Bertz CT molecular complexity index is 274. The van der Waals surface area contributed by atoms with Crippen LogP contribution in [0.5, 0.6) is 0 Å². The molecule has 8 heavy (non-hydrogen) atoms. The lowest BCUT2D eigenvalue weighted by atomic mass is 10.3. The average Bonchev–Trinajstić information content (AvgIpc) is 1.97. The van der Waals surface area contributed by atoms with Crippen LogP contribution in [0, 0.1) is 6.92 Å². The van der Waals surface area contributed by atoms with Crippen LogP contribution in [0.25, 0.3) is 0 Å². The molecule has 0 amide bonds. The van der Waals surface area contributed by atoms with Gasteiger partial charge in [-0.1, -0.05) is 15.9 Å². The summed E-state index contributed by atoms with van der Waals surface area (Å²) in [6.07, 6.45) is -0.106. The Labute approximate surface area is 61.1 Å². The molecule has 1 aromatic heterocycles. The molecule has 0 saturated carbocycles. The van der Waals surface area contributed by atoms with Crippen molar-refractivity contribution in [3.8, 4) is 0 Å². The van der Waals surface area contributed by atoms with Crippen LogP contribution in [-0.2, 0) is 0 Å². The first kappa shape index (κ1) is 2.97. The molecule has 0 bridgehead atoms. The van der Waals surface area contributed by atoms with E-state index in [9.17, 15) is 0 Å². The van der Waals surface area contributed by atoms with Crippen LogP contribution in [0.4, 0.5) is 0 Å². The smallest absolute Gasteiger partial charge is 0.0843 e. The van der Waals surface area contributed by atoms with E-state index in [0.717, 1.165) is 0 Å². The maximum Gasteiger partial charge on any atom is 0.0843 e. The highest BCUT2D eigenvalue weighted by atomic mass is 79.9. The second-order valence-electron chi connectivity index (χ2n) is 1.40. The van der Waals surface area contributed by atoms with Crippen molar-refractivity contribution < 1.29 is 4.11 Å². The first-order valence-electron chi connectivity index (χ1n) is 3.64. The highest BCUT2D eigenvalue weighted by Crippen LogP contribution is 2.11. The van der Waals surface area contributed by atoms with Crippen molar-refractivity contribution in [3.05, 3.63) is 28.4 Å². The van der Waals surface area contributed by atoms with Gasteiger partial charge in [-0.15, -0.1) is 0 Å². The van der Waals surface area contributed by atoms with Crippen LogP contribution < -0.4 is 0 Å². The summed E-state index contributed by atoms with van der Waals surface area (Å²) in [4.78, 5) is 3.55. The summed E-state index contributed by atoms with van der Waals surface area (Å²) < 4.78 is 22.2. The van der Waals surface area contributed by atoms with E-state index < -0.39 is 0 Å². The largest absolute Gasteiger partial charge is 0.264 e. The number of hydrogen-bond acceptors (Lipinski definition) is 1. The van der Waals surface area contributed by atoms with E-state index in [1.165, 1.54) is 0 Å². The maximum atomic E-state index is 7.30. The number of rotatable bonds is 0. The molecule has 42 valence electrons. The fourth-order valence-corrected chi connectivity index (χ4v) is 0.509. The second-order valence-corrected chi connectivity index (χ2v) is 2.19. The Balaban J connectivity index is 3.46. The van der Waals surface area contributed by atoms with Gasteiger partial charge in [0.05, 0.1) is 4.11 Å². The maximum absolute atomic E-state index is 7.30. The minimum Gasteiger partial charge on any atom is -0.264 e. The van der Waals surface area contributed by atoms with Gasteiger partial charge in [-0.25, -0.2) is 0 Å². The van der Waals surface area contributed by atoms with Gasteiger partial charge in [-0.05, 0) is 18.5 Å². The molecule has 0 aliphatic carbocycles. The van der Waals surface area contributed by atoms with Crippen molar-refractivity contribution in [1.29, 1.82) is 0 Å². The Kier molecular flexibility index (Phi) is 0.841. The highest BCUT2D eigenvalue weighted by Gasteiger charge is 1.87. The summed E-state index contributed by atoms with van der Waals surface area (Å²) in [5, 5.41) is 0. The summed E-state index contributed by atoms with van der Waals surface area (Å²) in [5.41, 5.74) is 0.603. The lowest BCUT2D eigenvalue weighted by Crippen LogP contribution is -1.74. The molecule has 0 radical (unpaired) electrons. The third-order valence-corrected chi connectivity index (χ3v) is 1.57. The Hall–Kier alpha value is -0.370. The van der Waals surface area contributed by atoms with E-state index in [1.54, 1.807) is 6.92 Å². The minimum absolute atomic E-state index is 0.0403. The fraction of sp³-hybridized carbons (Fsp3) is 0.167. The Morgan fingerprint density at radius 2 is 2.62 bits per heavy atom. The number of nitrogens with zero attached hydrogens (tertiary/aromatic N) is 1.